The van der Waals surface area contributed by atoms with Crippen molar-refractivity contribution in [2.75, 3.05) is 13.2 Å². The van der Waals surface area contributed by atoms with Crippen LogP contribution in [-0.2, 0) is 16.1 Å². The Labute approximate surface area is 192 Å². The quantitative estimate of drug-likeness (QED) is 0.546. The van der Waals surface area contributed by atoms with E-state index in [0.717, 1.165) is 5.56 Å². The van der Waals surface area contributed by atoms with E-state index >= 15 is 0 Å². The third-order valence-electron chi connectivity index (χ3n) is 4.36. The molecule has 8 heteroatoms. The SMILES string of the molecule is CC(C)CNC(=O)C(C)N(Cc1ccc(Cl)cc1)C(=O)COc1ccc(Cl)cc1Cl. The van der Waals surface area contributed by atoms with Crippen LogP contribution in [0.2, 0.25) is 15.1 Å². The Hall–Kier alpha value is -1.95. The number of hydrogen-bond donors (Lipinski definition) is 1. The van der Waals surface area contributed by atoms with Crippen LogP contribution >= 0.6 is 34.8 Å². The van der Waals surface area contributed by atoms with Gasteiger partial charge in [-0.2, -0.15) is 0 Å². The lowest BCUT2D eigenvalue weighted by Crippen LogP contribution is -2.49. The van der Waals surface area contributed by atoms with Gasteiger partial charge >= 0.3 is 0 Å². The first-order valence-electron chi connectivity index (χ1n) is 9.57. The summed E-state index contributed by atoms with van der Waals surface area (Å²) in [6.45, 7) is 6.21. The van der Waals surface area contributed by atoms with Crippen molar-refractivity contribution in [3.8, 4) is 5.75 Å². The van der Waals surface area contributed by atoms with E-state index in [4.69, 9.17) is 39.5 Å². The van der Waals surface area contributed by atoms with Gasteiger partial charge in [0.2, 0.25) is 5.91 Å². The number of halogens is 3. The van der Waals surface area contributed by atoms with E-state index in [1.807, 2.05) is 26.0 Å². The van der Waals surface area contributed by atoms with Gasteiger partial charge in [0.1, 0.15) is 11.8 Å². The van der Waals surface area contributed by atoms with Crippen LogP contribution in [0.3, 0.4) is 0 Å². The minimum absolute atomic E-state index is 0.226. The Morgan fingerprint density at radius 1 is 1.00 bits per heavy atom. The molecule has 2 aromatic rings. The van der Waals surface area contributed by atoms with E-state index < -0.39 is 6.04 Å². The Kier molecular flexibility index (Phi) is 9.28. The zero-order valence-corrected chi connectivity index (χ0v) is 19.4. The molecule has 0 radical (unpaired) electrons. The van der Waals surface area contributed by atoms with Crippen molar-refractivity contribution in [3.63, 3.8) is 0 Å². The normalized spacial score (nSPS) is 11.8. The number of rotatable bonds is 9. The van der Waals surface area contributed by atoms with E-state index in [-0.39, 0.29) is 25.0 Å². The van der Waals surface area contributed by atoms with Crippen LogP contribution in [0.4, 0.5) is 0 Å². The van der Waals surface area contributed by atoms with Gasteiger partial charge in [0.15, 0.2) is 6.61 Å². The lowest BCUT2D eigenvalue weighted by atomic mass is 10.1. The lowest BCUT2D eigenvalue weighted by Gasteiger charge is -2.29. The minimum Gasteiger partial charge on any atom is -0.482 e. The summed E-state index contributed by atoms with van der Waals surface area (Å²) >= 11 is 18.0. The van der Waals surface area contributed by atoms with E-state index in [9.17, 15) is 9.59 Å². The third-order valence-corrected chi connectivity index (χ3v) is 5.15. The van der Waals surface area contributed by atoms with Crippen molar-refractivity contribution in [2.24, 2.45) is 5.92 Å². The molecule has 0 aliphatic heterocycles. The molecule has 5 nitrogen and oxygen atoms in total. The molecule has 162 valence electrons. The summed E-state index contributed by atoms with van der Waals surface area (Å²) < 4.78 is 5.58. The van der Waals surface area contributed by atoms with Gasteiger partial charge < -0.3 is 15.0 Å². The Bertz CT molecular complexity index is 872. The average Bonchev–Trinajstić information content (AvgIpc) is 2.70. The van der Waals surface area contributed by atoms with Crippen LogP contribution in [0, 0.1) is 5.92 Å². The second-order valence-electron chi connectivity index (χ2n) is 7.33. The first-order chi connectivity index (χ1) is 14.2. The number of amides is 2. The molecule has 2 rings (SSSR count). The molecule has 2 aromatic carbocycles. The fraction of sp³-hybridized carbons (Fsp3) is 0.364. The number of ether oxygens (including phenoxy) is 1. The molecule has 0 heterocycles. The van der Waals surface area contributed by atoms with Gasteiger partial charge in [-0.1, -0.05) is 60.8 Å². The molecule has 30 heavy (non-hydrogen) atoms. The molecule has 1 atom stereocenters. The van der Waals surface area contributed by atoms with Crippen molar-refractivity contribution in [1.29, 1.82) is 0 Å². The molecule has 0 spiro atoms. The summed E-state index contributed by atoms with van der Waals surface area (Å²) in [5, 5.41) is 4.25. The van der Waals surface area contributed by atoms with Gasteiger partial charge in [0, 0.05) is 23.1 Å². The zero-order valence-electron chi connectivity index (χ0n) is 17.1. The number of nitrogens with one attached hydrogen (secondary N) is 1. The van der Waals surface area contributed by atoms with Gasteiger partial charge in [0.05, 0.1) is 5.02 Å². The Morgan fingerprint density at radius 3 is 2.23 bits per heavy atom. The van der Waals surface area contributed by atoms with Gasteiger partial charge in [-0.3, -0.25) is 9.59 Å². The maximum absolute atomic E-state index is 13.0. The average molecular weight is 472 g/mol. The number of carbonyl (C=O) groups excluding carboxylic acids is 2. The largest absolute Gasteiger partial charge is 0.482 e. The van der Waals surface area contributed by atoms with Crippen molar-refractivity contribution in [3.05, 3.63) is 63.1 Å². The second kappa shape index (κ2) is 11.4. The van der Waals surface area contributed by atoms with Gasteiger partial charge in [-0.25, -0.2) is 0 Å². The van der Waals surface area contributed by atoms with Crippen molar-refractivity contribution >= 4 is 46.6 Å². The minimum atomic E-state index is -0.684. The molecule has 0 fully saturated rings. The van der Waals surface area contributed by atoms with E-state index in [1.54, 1.807) is 31.2 Å². The van der Waals surface area contributed by atoms with Crippen LogP contribution in [0.25, 0.3) is 0 Å². The molecule has 2 amide bonds. The fourth-order valence-corrected chi connectivity index (χ4v) is 3.23. The molecule has 0 aliphatic carbocycles. The van der Waals surface area contributed by atoms with Crippen LogP contribution in [-0.4, -0.2) is 35.9 Å². The number of nitrogens with zero attached hydrogens (tertiary/aromatic N) is 1. The van der Waals surface area contributed by atoms with Crippen LogP contribution < -0.4 is 10.1 Å². The Morgan fingerprint density at radius 2 is 1.63 bits per heavy atom. The molecular formula is C22H25Cl3N2O3. The summed E-state index contributed by atoms with van der Waals surface area (Å²) in [4.78, 5) is 27.1. The standard InChI is InChI=1S/C22H25Cl3N2O3/c1-14(2)11-26-22(29)15(3)27(12-16-4-6-17(23)7-5-16)21(28)13-30-20-9-8-18(24)10-19(20)25/h4-10,14-15H,11-13H2,1-3H3,(H,26,29). The van der Waals surface area contributed by atoms with Crippen LogP contribution in [0.1, 0.15) is 26.3 Å². The highest BCUT2D eigenvalue weighted by molar-refractivity contribution is 6.35. The smallest absolute Gasteiger partial charge is 0.261 e. The second-order valence-corrected chi connectivity index (χ2v) is 8.61. The Balaban J connectivity index is 2.14. The van der Waals surface area contributed by atoms with E-state index in [1.165, 1.54) is 11.0 Å². The van der Waals surface area contributed by atoms with Crippen molar-refractivity contribution in [1.82, 2.24) is 10.2 Å². The monoisotopic (exact) mass is 470 g/mol. The molecule has 1 unspecified atom stereocenters. The summed E-state index contributed by atoms with van der Waals surface area (Å²) in [7, 11) is 0. The highest BCUT2D eigenvalue weighted by atomic mass is 35.5. The van der Waals surface area contributed by atoms with Crippen molar-refractivity contribution < 1.29 is 14.3 Å². The van der Waals surface area contributed by atoms with Crippen LogP contribution in [0.5, 0.6) is 5.75 Å². The number of carbonyl (C=O) groups is 2. The molecule has 0 saturated heterocycles. The lowest BCUT2D eigenvalue weighted by molar-refractivity contribution is -0.142. The molecule has 0 bridgehead atoms. The first-order valence-corrected chi connectivity index (χ1v) is 10.7. The predicted octanol–water partition coefficient (Wildman–Crippen LogP) is 5.22. The topological polar surface area (TPSA) is 58.6 Å². The number of benzene rings is 2. The summed E-state index contributed by atoms with van der Waals surface area (Å²) in [6, 6.07) is 11.2. The zero-order chi connectivity index (χ0) is 22.3. The number of hydrogen-bond acceptors (Lipinski definition) is 3. The fourth-order valence-electron chi connectivity index (χ4n) is 2.64. The molecule has 0 aromatic heterocycles. The highest BCUT2D eigenvalue weighted by Crippen LogP contribution is 2.27. The summed E-state index contributed by atoms with van der Waals surface area (Å²) in [6.07, 6.45) is 0. The molecule has 0 aliphatic rings. The molecular weight excluding hydrogens is 447 g/mol. The summed E-state index contributed by atoms with van der Waals surface area (Å²) in [5.41, 5.74) is 0.848. The predicted molar refractivity (Wildman–Crippen MR) is 121 cm³/mol. The van der Waals surface area contributed by atoms with Crippen LogP contribution in [0.15, 0.2) is 42.5 Å². The first kappa shape index (κ1) is 24.3. The highest BCUT2D eigenvalue weighted by Gasteiger charge is 2.26. The van der Waals surface area contributed by atoms with Crippen molar-refractivity contribution in [2.45, 2.75) is 33.4 Å². The summed E-state index contributed by atoms with van der Waals surface area (Å²) in [5.74, 6) is 0.0772. The van der Waals surface area contributed by atoms with E-state index in [0.29, 0.717) is 33.3 Å². The van der Waals surface area contributed by atoms with Gasteiger partial charge in [-0.05, 0) is 48.7 Å². The molecule has 1 N–H and O–H groups in total. The maximum Gasteiger partial charge on any atom is 0.261 e. The molecule has 0 saturated carbocycles. The maximum atomic E-state index is 13.0. The van der Waals surface area contributed by atoms with E-state index in [2.05, 4.69) is 5.32 Å². The van der Waals surface area contributed by atoms with Gasteiger partial charge in [-0.15, -0.1) is 0 Å². The van der Waals surface area contributed by atoms with Gasteiger partial charge in [0.25, 0.3) is 5.91 Å². The third kappa shape index (κ3) is 7.38.